The Balaban J connectivity index is 0.00000312. The van der Waals surface area contributed by atoms with Crippen molar-refractivity contribution in [3.05, 3.63) is 35.4 Å². The molecule has 1 aliphatic rings. The van der Waals surface area contributed by atoms with Crippen LogP contribution in [-0.2, 0) is 11.3 Å². The molecule has 1 fully saturated rings. The molecule has 0 atom stereocenters. The van der Waals surface area contributed by atoms with Crippen molar-refractivity contribution >= 4 is 29.9 Å². The molecule has 25 heavy (non-hydrogen) atoms. The molecule has 0 saturated heterocycles. The monoisotopic (exact) mass is 456 g/mol. The molecule has 2 N–H and O–H groups in total. The number of methoxy groups -OCH3 is 1. The number of aliphatic imine (C=N–C) groups is 1. The molecule has 1 saturated carbocycles. The summed E-state index contributed by atoms with van der Waals surface area (Å²) in [4.78, 5) is 4.65. The van der Waals surface area contributed by atoms with Crippen molar-refractivity contribution in [1.29, 1.82) is 5.26 Å². The van der Waals surface area contributed by atoms with E-state index < -0.39 is 0 Å². The Labute approximate surface area is 168 Å². The third-order valence-corrected chi connectivity index (χ3v) is 4.70. The number of guanidine groups is 1. The summed E-state index contributed by atoms with van der Waals surface area (Å²) in [6.07, 6.45) is 4.92. The number of hydrogen-bond acceptors (Lipinski definition) is 3. The van der Waals surface area contributed by atoms with Gasteiger partial charge in [0, 0.05) is 26.8 Å². The normalized spacial score (nSPS) is 15.5. The van der Waals surface area contributed by atoms with Gasteiger partial charge in [0.25, 0.3) is 0 Å². The molecule has 6 heteroatoms. The van der Waals surface area contributed by atoms with Crippen LogP contribution in [0.15, 0.2) is 29.3 Å². The van der Waals surface area contributed by atoms with Crippen molar-refractivity contribution in [1.82, 2.24) is 10.6 Å². The van der Waals surface area contributed by atoms with E-state index in [0.717, 1.165) is 37.6 Å². The summed E-state index contributed by atoms with van der Waals surface area (Å²) in [7, 11) is 1.76. The topological polar surface area (TPSA) is 69.4 Å². The minimum atomic E-state index is 0. The van der Waals surface area contributed by atoms with E-state index in [4.69, 9.17) is 10.00 Å². The number of nitrogens with zero attached hydrogens (tertiary/aromatic N) is 2. The van der Waals surface area contributed by atoms with Gasteiger partial charge in [-0.25, -0.2) is 4.99 Å². The van der Waals surface area contributed by atoms with Crippen LogP contribution in [0.4, 0.5) is 0 Å². The van der Waals surface area contributed by atoms with Gasteiger partial charge in [-0.05, 0) is 49.3 Å². The number of nitriles is 1. The highest BCUT2D eigenvalue weighted by atomic mass is 127. The second kappa shape index (κ2) is 11.3. The summed E-state index contributed by atoms with van der Waals surface area (Å²) < 4.78 is 5.25. The van der Waals surface area contributed by atoms with Gasteiger partial charge in [0.05, 0.1) is 18.2 Å². The Morgan fingerprint density at radius 2 is 2.16 bits per heavy atom. The lowest BCUT2D eigenvalue weighted by Gasteiger charge is -2.42. The Hall–Kier alpha value is -1.33. The minimum absolute atomic E-state index is 0. The van der Waals surface area contributed by atoms with Crippen molar-refractivity contribution < 1.29 is 4.74 Å². The standard InChI is InChI=1S/C19H28N4O.HI/c1-3-21-18(22-14-17-7-4-6-16(12-17)13-20)23-15-19(8-5-9-19)10-11-24-2;/h4,6-7,12H,3,5,8-11,14-15H2,1-2H3,(H2,21,22,23);1H. The maximum absolute atomic E-state index is 8.98. The highest BCUT2D eigenvalue weighted by molar-refractivity contribution is 14.0. The number of benzene rings is 1. The van der Waals surface area contributed by atoms with Gasteiger partial charge in [0.1, 0.15) is 0 Å². The van der Waals surface area contributed by atoms with Crippen molar-refractivity contribution in [3.8, 4) is 6.07 Å². The van der Waals surface area contributed by atoms with E-state index in [1.165, 1.54) is 19.3 Å². The lowest BCUT2D eigenvalue weighted by molar-refractivity contribution is 0.0732. The first-order valence-corrected chi connectivity index (χ1v) is 8.71. The van der Waals surface area contributed by atoms with E-state index in [1.807, 2.05) is 24.3 Å². The van der Waals surface area contributed by atoms with E-state index in [-0.39, 0.29) is 24.0 Å². The molecule has 2 rings (SSSR count). The van der Waals surface area contributed by atoms with Crippen LogP contribution in [0.1, 0.15) is 43.7 Å². The molecule has 5 nitrogen and oxygen atoms in total. The molecule has 0 radical (unpaired) electrons. The van der Waals surface area contributed by atoms with Crippen molar-refractivity contribution in [3.63, 3.8) is 0 Å². The van der Waals surface area contributed by atoms with E-state index in [2.05, 4.69) is 28.6 Å². The van der Waals surface area contributed by atoms with E-state index >= 15 is 0 Å². The fourth-order valence-electron chi connectivity index (χ4n) is 3.03. The van der Waals surface area contributed by atoms with Gasteiger partial charge in [0.2, 0.25) is 0 Å². The number of rotatable bonds is 8. The molecule has 0 heterocycles. The summed E-state index contributed by atoms with van der Waals surface area (Å²) >= 11 is 0. The average Bonchev–Trinajstić information content (AvgIpc) is 2.58. The Kier molecular flexibility index (Phi) is 9.83. The smallest absolute Gasteiger partial charge is 0.191 e. The second-order valence-corrected chi connectivity index (χ2v) is 6.46. The first-order valence-electron chi connectivity index (χ1n) is 8.71. The predicted molar refractivity (Wildman–Crippen MR) is 112 cm³/mol. The fourth-order valence-corrected chi connectivity index (χ4v) is 3.03. The third kappa shape index (κ3) is 6.83. The fraction of sp³-hybridized carbons (Fsp3) is 0.579. The van der Waals surface area contributed by atoms with Gasteiger partial charge < -0.3 is 15.4 Å². The van der Waals surface area contributed by atoms with Crippen LogP contribution in [0.2, 0.25) is 0 Å². The zero-order valence-electron chi connectivity index (χ0n) is 15.2. The van der Waals surface area contributed by atoms with E-state index in [9.17, 15) is 0 Å². The van der Waals surface area contributed by atoms with E-state index in [0.29, 0.717) is 17.5 Å². The summed E-state index contributed by atoms with van der Waals surface area (Å²) in [6, 6.07) is 9.77. The largest absolute Gasteiger partial charge is 0.385 e. The molecule has 0 bridgehead atoms. The third-order valence-electron chi connectivity index (χ3n) is 4.70. The highest BCUT2D eigenvalue weighted by Crippen LogP contribution is 2.43. The summed E-state index contributed by atoms with van der Waals surface area (Å²) in [5, 5.41) is 15.8. The first kappa shape index (κ1) is 21.7. The molecule has 0 aliphatic heterocycles. The predicted octanol–water partition coefficient (Wildman–Crippen LogP) is 3.44. The van der Waals surface area contributed by atoms with Crippen LogP contribution in [0.3, 0.4) is 0 Å². The number of hydrogen-bond donors (Lipinski definition) is 2. The number of ether oxygens (including phenoxy) is 1. The lowest BCUT2D eigenvalue weighted by atomic mass is 9.67. The summed E-state index contributed by atoms with van der Waals surface area (Å²) in [5.74, 6) is 0.837. The molecular formula is C19H29IN4O. The molecule has 0 aromatic heterocycles. The minimum Gasteiger partial charge on any atom is -0.385 e. The molecule has 1 aromatic rings. The second-order valence-electron chi connectivity index (χ2n) is 6.46. The SMILES string of the molecule is CCNC(=NCc1cccc(C#N)c1)NCC1(CCOC)CCC1.I. The zero-order chi connectivity index (χ0) is 17.3. The van der Waals surface area contributed by atoms with Gasteiger partial charge in [-0.3, -0.25) is 0 Å². The molecule has 0 unspecified atom stereocenters. The van der Waals surface area contributed by atoms with Crippen LogP contribution in [0.5, 0.6) is 0 Å². The molecule has 0 spiro atoms. The Morgan fingerprint density at radius 1 is 1.36 bits per heavy atom. The van der Waals surface area contributed by atoms with Gasteiger partial charge >= 0.3 is 0 Å². The first-order chi connectivity index (χ1) is 11.7. The molecule has 0 amide bonds. The average molecular weight is 456 g/mol. The van der Waals surface area contributed by atoms with Gasteiger partial charge in [0.15, 0.2) is 5.96 Å². The molecule has 138 valence electrons. The van der Waals surface area contributed by atoms with Crippen LogP contribution in [0.25, 0.3) is 0 Å². The van der Waals surface area contributed by atoms with Crippen molar-refractivity contribution in [2.24, 2.45) is 10.4 Å². The molecule has 1 aromatic carbocycles. The van der Waals surface area contributed by atoms with Gasteiger partial charge in [-0.1, -0.05) is 18.6 Å². The summed E-state index contributed by atoms with van der Waals surface area (Å²) in [5.41, 5.74) is 2.07. The van der Waals surface area contributed by atoms with Crippen molar-refractivity contribution in [2.75, 3.05) is 26.8 Å². The van der Waals surface area contributed by atoms with Crippen LogP contribution >= 0.6 is 24.0 Å². The zero-order valence-corrected chi connectivity index (χ0v) is 17.5. The maximum Gasteiger partial charge on any atom is 0.191 e. The Morgan fingerprint density at radius 3 is 2.76 bits per heavy atom. The lowest BCUT2D eigenvalue weighted by Crippen LogP contribution is -2.46. The summed E-state index contributed by atoms with van der Waals surface area (Å²) in [6.45, 7) is 5.21. The Bertz CT molecular complexity index is 593. The van der Waals surface area contributed by atoms with E-state index in [1.54, 1.807) is 7.11 Å². The van der Waals surface area contributed by atoms with Crippen LogP contribution in [0, 0.1) is 16.7 Å². The molecule has 1 aliphatic carbocycles. The molecular weight excluding hydrogens is 427 g/mol. The quantitative estimate of drug-likeness (QED) is 0.357. The highest BCUT2D eigenvalue weighted by Gasteiger charge is 2.36. The number of halogens is 1. The van der Waals surface area contributed by atoms with Crippen molar-refractivity contribution in [2.45, 2.75) is 39.2 Å². The van der Waals surface area contributed by atoms with Gasteiger partial charge in [-0.15, -0.1) is 24.0 Å². The number of nitrogens with one attached hydrogen (secondary N) is 2. The maximum atomic E-state index is 8.98. The van der Waals surface area contributed by atoms with Gasteiger partial charge in [-0.2, -0.15) is 5.26 Å². The van der Waals surface area contributed by atoms with Crippen LogP contribution < -0.4 is 10.6 Å². The van der Waals surface area contributed by atoms with Crippen LogP contribution in [-0.4, -0.2) is 32.8 Å².